The Morgan fingerprint density at radius 3 is 1.19 bits per heavy atom. The van der Waals surface area contributed by atoms with E-state index in [-0.39, 0.29) is 40.3 Å². The van der Waals surface area contributed by atoms with Crippen LogP contribution in [0.15, 0.2) is 24.8 Å². The molecule has 0 saturated carbocycles. The molecule has 120 valence electrons. The molecule has 0 atom stereocenters. The first-order valence-corrected chi connectivity index (χ1v) is 14.8. The molecule has 0 spiro atoms. The van der Waals surface area contributed by atoms with Gasteiger partial charge in [-0.3, -0.25) is 0 Å². The fraction of sp³-hybridized carbons (Fsp3) is 0. The van der Waals surface area contributed by atoms with Crippen LogP contribution >= 0.6 is 40.7 Å². The minimum absolute atomic E-state index is 0. The summed E-state index contributed by atoms with van der Waals surface area (Å²) in [6.07, 6.45) is 6.56. The average Bonchev–Trinajstić information content (AvgIpc) is 2.27. The Morgan fingerprint density at radius 2 is 1.12 bits per heavy atom. The van der Waals surface area contributed by atoms with Gasteiger partial charge in [-0.2, -0.15) is 24.8 Å². The van der Waals surface area contributed by atoms with Crippen LogP contribution in [0.4, 0.5) is 0 Å². The standard InChI is InChI=1S/C4H4N2.5Cu.4HI.H2N/c1-2-6-4-3-5-1;;;;;;;;;;/h1-4H;;;;;;4*1H;1H2/q-2;3*+1;2*+2;;;;;-1/p-2. The van der Waals surface area contributed by atoms with Crippen LogP contribution in [0.5, 0.6) is 0 Å². The predicted octanol–water partition coefficient (Wildman–Crippen LogP) is -2.36. The van der Waals surface area contributed by atoms with Crippen molar-refractivity contribution in [3.05, 3.63) is 41.6 Å². The fourth-order valence-electron chi connectivity index (χ4n) is 0.253. The molecule has 0 radical (unpaired) electrons. The fourth-order valence-corrected chi connectivity index (χ4v) is 0.253. The second kappa shape index (κ2) is 50.4. The van der Waals surface area contributed by atoms with Crippen molar-refractivity contribution in [2.75, 3.05) is 0 Å². The van der Waals surface area contributed by atoms with Crippen LogP contribution in [-0.4, -0.2) is 0 Å². The van der Waals surface area contributed by atoms with Crippen LogP contribution in [0.25, 0.3) is 16.8 Å². The van der Waals surface area contributed by atoms with E-state index in [1.165, 1.54) is 20.3 Å². The first-order valence-electron chi connectivity index (χ1n) is 2.17. The van der Waals surface area contributed by atoms with Crippen molar-refractivity contribution in [1.82, 2.24) is 0 Å². The third-order valence-corrected chi connectivity index (χ3v) is 0.478. The van der Waals surface area contributed by atoms with Gasteiger partial charge in [0.15, 0.2) is 0 Å². The van der Waals surface area contributed by atoms with E-state index >= 15 is 0 Å². The number of hydrogen-bond donors (Lipinski definition) is 0. The van der Waals surface area contributed by atoms with Crippen molar-refractivity contribution in [2.24, 2.45) is 0 Å². The van der Waals surface area contributed by atoms with Crippen molar-refractivity contribution < 1.29 is 109 Å². The van der Waals surface area contributed by atoms with Crippen molar-refractivity contribution in [1.29, 1.82) is 0 Å². The van der Waals surface area contributed by atoms with E-state index in [2.05, 4.69) is 56.5 Å². The van der Waals surface area contributed by atoms with Gasteiger partial charge in [-0.25, -0.2) is 0 Å². The second-order valence-corrected chi connectivity index (χ2v) is 9.53. The Morgan fingerprint density at radius 1 is 1.00 bits per heavy atom. The van der Waals surface area contributed by atoms with Crippen molar-refractivity contribution in [3.8, 4) is 0 Å². The Hall–Kier alpha value is 4.56. The second-order valence-electron chi connectivity index (χ2n) is 0.941. The number of nitrogens with zero attached hydrogens (tertiary/aromatic N) is 2. The van der Waals surface area contributed by atoms with Crippen LogP contribution in [0, 0.1) is 0 Å². The van der Waals surface area contributed by atoms with Gasteiger partial charge < -0.3 is 16.8 Å². The number of hydrogen-bond acceptors (Lipinski definition) is 0. The van der Waals surface area contributed by atoms with E-state index in [0.29, 0.717) is 0 Å². The molecule has 0 fully saturated rings. The maximum Gasteiger partial charge on any atom is -0.693 e. The average molecular weight is 923 g/mol. The predicted molar refractivity (Wildman–Crippen MR) is 61.1 cm³/mol. The molecule has 3 nitrogen and oxygen atoms in total. The van der Waals surface area contributed by atoms with Crippen LogP contribution in [0.1, 0.15) is 0 Å². The van der Waals surface area contributed by atoms with Crippen LogP contribution in [-0.2, 0) is 68.1 Å². The summed E-state index contributed by atoms with van der Waals surface area (Å²) in [6.45, 7) is 0. The van der Waals surface area contributed by atoms with E-state index in [0.717, 1.165) is 0 Å². The van der Waals surface area contributed by atoms with Crippen LogP contribution in [0.2, 0.25) is 0 Å². The van der Waals surface area contributed by atoms with Gasteiger partial charge in [-0.1, -0.05) is 0 Å². The third kappa shape index (κ3) is 51.3. The van der Waals surface area contributed by atoms with Crippen LogP contribution < -0.4 is 40.7 Å². The molecule has 0 saturated heterocycles. The SMILES string of the molecule is C1=C[N-]C=C[N-]1.[Cu+].[Cu+].[Cu+][I].[Cu][IH+].[I][Cu][IH+].[NH2-]. The molecule has 1 aliphatic heterocycles. The molecule has 0 unspecified atom stereocenters. The third-order valence-electron chi connectivity index (χ3n) is 0.478. The summed E-state index contributed by atoms with van der Waals surface area (Å²) in [5, 5.41) is 7.44. The molecule has 0 amide bonds. The van der Waals surface area contributed by atoms with Gasteiger partial charge in [-0.15, -0.1) is 0 Å². The number of rotatable bonds is 0. The zero-order chi connectivity index (χ0) is 10.9. The topological polar surface area (TPSA) is 61.7 Å². The zero-order valence-electron chi connectivity index (χ0n) is 6.86. The molecular formula is C4H8Cu5I4N3+2. The molecule has 2 N–H and O–H groups in total. The van der Waals surface area contributed by atoms with E-state index in [4.69, 9.17) is 0 Å². The molecule has 1 heterocycles. The maximum atomic E-state index is 4.20. The van der Waals surface area contributed by atoms with Crippen molar-refractivity contribution in [3.63, 3.8) is 0 Å². The summed E-state index contributed by atoms with van der Waals surface area (Å²) >= 11 is 15.7. The van der Waals surface area contributed by atoms with Crippen molar-refractivity contribution >= 4 is 40.7 Å². The molecule has 12 heteroatoms. The minimum Gasteiger partial charge on any atom is -0.693 e. The first kappa shape index (κ1) is 37.1. The normalized spacial score (nSPS) is 8.25. The maximum absolute atomic E-state index is 4.20. The molecule has 0 bridgehead atoms. The van der Waals surface area contributed by atoms with E-state index in [1.54, 1.807) is 53.6 Å². The van der Waals surface area contributed by atoms with E-state index < -0.39 is 0 Å². The van der Waals surface area contributed by atoms with E-state index in [9.17, 15) is 0 Å². The van der Waals surface area contributed by atoms with Gasteiger partial charge in [0.1, 0.15) is 0 Å². The van der Waals surface area contributed by atoms with Crippen LogP contribution in [0.3, 0.4) is 0 Å². The summed E-state index contributed by atoms with van der Waals surface area (Å²) in [6, 6.07) is 0. The van der Waals surface area contributed by atoms with Gasteiger partial charge in [0, 0.05) is 0 Å². The van der Waals surface area contributed by atoms with Crippen molar-refractivity contribution in [2.45, 2.75) is 0 Å². The summed E-state index contributed by atoms with van der Waals surface area (Å²) in [4.78, 5) is 0. The number of halogens is 4. The van der Waals surface area contributed by atoms with Gasteiger partial charge in [0.2, 0.25) is 0 Å². The molecule has 1 rings (SSSR count). The molecule has 0 aromatic heterocycles. The molecule has 0 aromatic rings. The van der Waals surface area contributed by atoms with Gasteiger partial charge >= 0.3 is 149 Å². The molecule has 0 aromatic carbocycles. The number of nitrogens with two attached hydrogens (primary N) is 1. The summed E-state index contributed by atoms with van der Waals surface area (Å²) in [5.74, 6) is 0. The summed E-state index contributed by atoms with van der Waals surface area (Å²) in [5.41, 5.74) is 0. The Kier molecular flexibility index (Phi) is 117. The first-order chi connectivity index (χ1) is 6.41. The smallest absolute Gasteiger partial charge is 0.693 e. The van der Waals surface area contributed by atoms with Gasteiger partial charge in [0.25, 0.3) is 0 Å². The van der Waals surface area contributed by atoms with E-state index in [1.807, 2.05) is 20.3 Å². The Bertz CT molecular complexity index is 99.8. The largest absolute Gasteiger partial charge is 0.693 e. The molecule has 16 heavy (non-hydrogen) atoms. The Balaban J connectivity index is -0.0000000224. The molecular weight excluding hydrogens is 915 g/mol. The summed E-state index contributed by atoms with van der Waals surface area (Å²) in [7, 11) is 1.79. The monoisotopic (exact) mass is 920 g/mol. The zero-order valence-corrected chi connectivity index (χ0v) is 20.5. The minimum atomic E-state index is 0. The summed E-state index contributed by atoms with van der Waals surface area (Å²) < 4.78 is 0. The van der Waals surface area contributed by atoms with Gasteiger partial charge in [0.05, 0.1) is 0 Å². The quantitative estimate of drug-likeness (QED) is 0.193. The Labute approximate surface area is 186 Å². The van der Waals surface area contributed by atoms with Gasteiger partial charge in [-0.05, 0) is 0 Å². The molecule has 1 aliphatic rings. The molecule has 0 aliphatic carbocycles.